The van der Waals surface area contributed by atoms with E-state index in [4.69, 9.17) is 12.2 Å². The molecule has 0 aliphatic heterocycles. The number of aryl methyl sites for hydroxylation is 2. The van der Waals surface area contributed by atoms with Crippen LogP contribution in [0.15, 0.2) is 39.3 Å². The Bertz CT molecular complexity index is 692. The van der Waals surface area contributed by atoms with Gasteiger partial charge in [0.2, 0.25) is 0 Å². The number of nitrogens with one attached hydrogen (secondary N) is 2. The summed E-state index contributed by atoms with van der Waals surface area (Å²) in [5, 5.41) is 6.75. The number of hydrogen-bond acceptors (Lipinski definition) is 2. The number of halogens is 3. The predicted octanol–water partition coefficient (Wildman–Crippen LogP) is 4.97. The molecule has 1 heterocycles. The van der Waals surface area contributed by atoms with Gasteiger partial charge in [-0.05, 0) is 87.6 Å². The fraction of sp³-hybridized carbons (Fsp3) is 0.250. The molecule has 2 N–H and O–H groups in total. The highest BCUT2D eigenvalue weighted by Gasteiger charge is 2.07. The molecule has 1 aromatic heterocycles. The lowest BCUT2D eigenvalue weighted by atomic mass is 10.1. The average Bonchev–Trinajstić information content (AvgIpc) is 2.51. The molecule has 0 amide bonds. The monoisotopic (exact) mass is 459 g/mol. The molecular formula is C16H16Br2FN3S. The Morgan fingerprint density at radius 3 is 2.61 bits per heavy atom. The Kier molecular flexibility index (Phi) is 6.92. The first-order valence-electron chi connectivity index (χ1n) is 7.07. The maximum Gasteiger partial charge on any atom is 0.171 e. The molecule has 3 nitrogen and oxygen atoms in total. The molecule has 122 valence electrons. The molecule has 23 heavy (non-hydrogen) atoms. The Labute approximate surface area is 157 Å². The van der Waals surface area contributed by atoms with Gasteiger partial charge in [0.1, 0.15) is 11.6 Å². The average molecular weight is 461 g/mol. The number of benzene rings is 1. The van der Waals surface area contributed by atoms with Crippen molar-refractivity contribution in [3.05, 3.63) is 56.4 Å². The molecule has 0 atom stereocenters. The van der Waals surface area contributed by atoms with Crippen molar-refractivity contribution in [1.29, 1.82) is 0 Å². The van der Waals surface area contributed by atoms with Gasteiger partial charge < -0.3 is 10.6 Å². The highest BCUT2D eigenvalue weighted by Crippen LogP contribution is 2.26. The van der Waals surface area contributed by atoms with E-state index >= 15 is 0 Å². The van der Waals surface area contributed by atoms with Crippen LogP contribution in [-0.4, -0.2) is 16.6 Å². The topological polar surface area (TPSA) is 37.0 Å². The minimum absolute atomic E-state index is 0.208. The molecule has 0 bridgehead atoms. The maximum atomic E-state index is 12.8. The molecule has 0 unspecified atom stereocenters. The van der Waals surface area contributed by atoms with E-state index in [9.17, 15) is 4.39 Å². The number of rotatable bonds is 5. The summed E-state index contributed by atoms with van der Waals surface area (Å²) in [5.41, 5.74) is 2.00. The van der Waals surface area contributed by atoms with Crippen molar-refractivity contribution >= 4 is 55.0 Å². The van der Waals surface area contributed by atoms with E-state index in [0.29, 0.717) is 10.9 Å². The molecule has 0 saturated carbocycles. The van der Waals surface area contributed by atoms with Crippen LogP contribution in [0.4, 0.5) is 10.2 Å². The Hall–Kier alpha value is -1.05. The Morgan fingerprint density at radius 2 is 1.91 bits per heavy atom. The molecule has 2 rings (SSSR count). The van der Waals surface area contributed by atoms with Crippen molar-refractivity contribution in [2.45, 2.75) is 19.8 Å². The van der Waals surface area contributed by atoms with Crippen LogP contribution in [0.1, 0.15) is 17.7 Å². The molecule has 0 radical (unpaired) electrons. The third kappa shape index (κ3) is 5.82. The zero-order valence-electron chi connectivity index (χ0n) is 12.5. The van der Waals surface area contributed by atoms with Crippen LogP contribution in [-0.2, 0) is 6.42 Å². The number of nitrogens with zero attached hydrogens (tertiary/aromatic N) is 1. The normalized spacial score (nSPS) is 10.4. The molecule has 0 aliphatic carbocycles. The summed E-state index contributed by atoms with van der Waals surface area (Å²) < 4.78 is 14.6. The lowest BCUT2D eigenvalue weighted by Gasteiger charge is -2.12. The maximum absolute atomic E-state index is 12.8. The smallest absolute Gasteiger partial charge is 0.171 e. The van der Waals surface area contributed by atoms with E-state index in [-0.39, 0.29) is 5.82 Å². The second-order valence-electron chi connectivity index (χ2n) is 5.00. The molecule has 2 aromatic rings. The van der Waals surface area contributed by atoms with Gasteiger partial charge in [-0.2, -0.15) is 0 Å². The van der Waals surface area contributed by atoms with E-state index in [1.54, 1.807) is 12.1 Å². The fourth-order valence-corrected chi connectivity index (χ4v) is 3.18. The fourth-order valence-electron chi connectivity index (χ4n) is 1.94. The summed E-state index contributed by atoms with van der Waals surface area (Å²) in [6.07, 6.45) is 1.77. The van der Waals surface area contributed by atoms with Crippen LogP contribution in [0.2, 0.25) is 0 Å². The second-order valence-corrected chi connectivity index (χ2v) is 7.11. The van der Waals surface area contributed by atoms with Gasteiger partial charge in [0, 0.05) is 11.0 Å². The van der Waals surface area contributed by atoms with Crippen molar-refractivity contribution in [2.24, 2.45) is 0 Å². The number of anilines is 1. The van der Waals surface area contributed by atoms with E-state index in [2.05, 4.69) is 47.5 Å². The van der Waals surface area contributed by atoms with E-state index in [0.717, 1.165) is 39.6 Å². The molecule has 7 heteroatoms. The standard InChI is InChI=1S/C16H16Br2FN3S/c1-10-13(17)9-14(18)15(21-10)22-16(23)20-8-2-3-11-4-6-12(19)7-5-11/h4-7,9H,2-3,8H2,1H3,(H2,20,21,22,23). The van der Waals surface area contributed by atoms with E-state index in [1.807, 2.05) is 13.0 Å². The minimum atomic E-state index is -0.208. The zero-order valence-corrected chi connectivity index (χ0v) is 16.5. The SMILES string of the molecule is Cc1nc(NC(=S)NCCCc2ccc(F)cc2)c(Br)cc1Br. The van der Waals surface area contributed by atoms with Gasteiger partial charge >= 0.3 is 0 Å². The van der Waals surface area contributed by atoms with Crippen LogP contribution in [0.3, 0.4) is 0 Å². The second kappa shape index (κ2) is 8.70. The van der Waals surface area contributed by atoms with Crippen LogP contribution < -0.4 is 10.6 Å². The number of thiocarbonyl (C=S) groups is 1. The summed E-state index contributed by atoms with van der Waals surface area (Å²) >= 11 is 12.2. The first-order chi connectivity index (χ1) is 11.0. The highest BCUT2D eigenvalue weighted by molar-refractivity contribution is 9.11. The largest absolute Gasteiger partial charge is 0.362 e. The minimum Gasteiger partial charge on any atom is -0.362 e. The van der Waals surface area contributed by atoms with Crippen LogP contribution in [0.5, 0.6) is 0 Å². The van der Waals surface area contributed by atoms with Crippen molar-refractivity contribution in [3.8, 4) is 0 Å². The highest BCUT2D eigenvalue weighted by atomic mass is 79.9. The van der Waals surface area contributed by atoms with Crippen LogP contribution in [0.25, 0.3) is 0 Å². The lowest BCUT2D eigenvalue weighted by Crippen LogP contribution is -2.30. The Morgan fingerprint density at radius 1 is 1.22 bits per heavy atom. The van der Waals surface area contributed by atoms with E-state index in [1.165, 1.54) is 12.1 Å². The number of aromatic nitrogens is 1. The van der Waals surface area contributed by atoms with Crippen molar-refractivity contribution in [2.75, 3.05) is 11.9 Å². The molecule has 0 fully saturated rings. The summed E-state index contributed by atoms with van der Waals surface area (Å²) in [6.45, 7) is 2.65. The van der Waals surface area contributed by atoms with Crippen molar-refractivity contribution in [3.63, 3.8) is 0 Å². The number of pyridine rings is 1. The third-order valence-electron chi connectivity index (χ3n) is 3.18. The quantitative estimate of drug-likeness (QED) is 0.487. The van der Waals surface area contributed by atoms with Gasteiger partial charge in [-0.3, -0.25) is 0 Å². The van der Waals surface area contributed by atoms with Gasteiger partial charge in [-0.1, -0.05) is 12.1 Å². The zero-order chi connectivity index (χ0) is 16.8. The summed E-state index contributed by atoms with van der Waals surface area (Å²) in [5.74, 6) is 0.474. The Balaban J connectivity index is 1.77. The molecule has 0 aliphatic rings. The van der Waals surface area contributed by atoms with E-state index < -0.39 is 0 Å². The predicted molar refractivity (Wildman–Crippen MR) is 103 cm³/mol. The molecule has 0 spiro atoms. The van der Waals surface area contributed by atoms with Gasteiger partial charge in [-0.15, -0.1) is 0 Å². The van der Waals surface area contributed by atoms with Gasteiger partial charge in [0.25, 0.3) is 0 Å². The molecule has 1 aromatic carbocycles. The van der Waals surface area contributed by atoms with Gasteiger partial charge in [0.15, 0.2) is 5.11 Å². The molecular weight excluding hydrogens is 445 g/mol. The van der Waals surface area contributed by atoms with Crippen LogP contribution >= 0.6 is 44.1 Å². The van der Waals surface area contributed by atoms with Gasteiger partial charge in [-0.25, -0.2) is 9.37 Å². The summed E-state index contributed by atoms with van der Waals surface area (Å²) in [6, 6.07) is 8.50. The van der Waals surface area contributed by atoms with Crippen molar-refractivity contribution in [1.82, 2.24) is 10.3 Å². The summed E-state index contributed by atoms with van der Waals surface area (Å²) in [7, 11) is 0. The first-order valence-corrected chi connectivity index (χ1v) is 9.07. The van der Waals surface area contributed by atoms with Gasteiger partial charge in [0.05, 0.1) is 10.2 Å². The molecule has 0 saturated heterocycles. The van der Waals surface area contributed by atoms with Crippen LogP contribution in [0, 0.1) is 12.7 Å². The summed E-state index contributed by atoms with van der Waals surface area (Å²) in [4.78, 5) is 4.43. The van der Waals surface area contributed by atoms with Crippen molar-refractivity contribution < 1.29 is 4.39 Å². The number of hydrogen-bond donors (Lipinski definition) is 2. The third-order valence-corrected chi connectivity index (χ3v) is 4.83. The lowest BCUT2D eigenvalue weighted by molar-refractivity contribution is 0.626. The first kappa shape index (κ1) is 18.3.